The topological polar surface area (TPSA) is 102 Å². The molecule has 1 aromatic heterocycles. The molecule has 116 valence electrons. The third-order valence-corrected chi connectivity index (χ3v) is 4.41. The van der Waals surface area contributed by atoms with E-state index in [9.17, 15) is 13.2 Å². The first kappa shape index (κ1) is 14.9. The van der Waals surface area contributed by atoms with Gasteiger partial charge >= 0.3 is 0 Å². The van der Waals surface area contributed by atoms with Crippen molar-refractivity contribution in [3.8, 4) is 0 Å². The number of carbonyl (C=O) groups is 1. The molecule has 2 aromatic carbocycles. The standard InChI is InChI=1S/C15H11N3O4S/c19-14(15-17-16-10-22-15)12-8-4-5-9-13(12)18-23(20,21)11-6-2-1-3-7-11/h1-10,18H. The summed E-state index contributed by atoms with van der Waals surface area (Å²) in [7, 11) is -3.81. The number of para-hydroxylation sites is 1. The van der Waals surface area contributed by atoms with Gasteiger partial charge in [-0.05, 0) is 24.3 Å². The van der Waals surface area contributed by atoms with Crippen molar-refractivity contribution >= 4 is 21.5 Å². The van der Waals surface area contributed by atoms with Crippen molar-refractivity contribution in [1.82, 2.24) is 10.2 Å². The van der Waals surface area contributed by atoms with Crippen LogP contribution in [-0.4, -0.2) is 24.4 Å². The average molecular weight is 329 g/mol. The van der Waals surface area contributed by atoms with E-state index in [2.05, 4.69) is 14.9 Å². The van der Waals surface area contributed by atoms with Crippen LogP contribution >= 0.6 is 0 Å². The highest BCUT2D eigenvalue weighted by Gasteiger charge is 2.21. The third kappa shape index (κ3) is 3.11. The van der Waals surface area contributed by atoms with Crippen LogP contribution in [0.4, 0.5) is 5.69 Å². The first-order chi connectivity index (χ1) is 11.1. The molecule has 0 spiro atoms. The Morgan fingerprint density at radius 1 is 1.00 bits per heavy atom. The van der Waals surface area contributed by atoms with E-state index < -0.39 is 15.8 Å². The predicted molar refractivity (Wildman–Crippen MR) is 81.4 cm³/mol. The number of ketones is 1. The molecule has 3 rings (SSSR count). The highest BCUT2D eigenvalue weighted by Crippen LogP contribution is 2.22. The van der Waals surface area contributed by atoms with Gasteiger partial charge in [0.2, 0.25) is 6.39 Å². The van der Waals surface area contributed by atoms with Crippen LogP contribution in [0.1, 0.15) is 16.2 Å². The number of sulfonamides is 1. The van der Waals surface area contributed by atoms with Gasteiger partial charge in [-0.15, -0.1) is 10.2 Å². The lowest BCUT2D eigenvalue weighted by Gasteiger charge is -2.11. The molecule has 0 saturated carbocycles. The minimum Gasteiger partial charge on any atom is -0.421 e. The molecule has 8 heteroatoms. The highest BCUT2D eigenvalue weighted by molar-refractivity contribution is 7.92. The maximum Gasteiger partial charge on any atom is 0.288 e. The second kappa shape index (κ2) is 6.01. The van der Waals surface area contributed by atoms with Crippen molar-refractivity contribution in [2.75, 3.05) is 4.72 Å². The van der Waals surface area contributed by atoms with E-state index in [0.717, 1.165) is 6.39 Å². The summed E-state index contributed by atoms with van der Waals surface area (Å²) in [6, 6.07) is 14.1. The van der Waals surface area contributed by atoms with Gasteiger partial charge in [0, 0.05) is 0 Å². The van der Waals surface area contributed by atoms with Gasteiger partial charge in [0.05, 0.1) is 16.1 Å². The van der Waals surface area contributed by atoms with Gasteiger partial charge in [0.15, 0.2) is 0 Å². The highest BCUT2D eigenvalue weighted by atomic mass is 32.2. The number of rotatable bonds is 5. The molecule has 0 aliphatic heterocycles. The van der Waals surface area contributed by atoms with Gasteiger partial charge < -0.3 is 4.42 Å². The molecule has 0 unspecified atom stereocenters. The average Bonchev–Trinajstić information content (AvgIpc) is 3.10. The lowest BCUT2D eigenvalue weighted by molar-refractivity contribution is 0.100. The zero-order chi connectivity index (χ0) is 16.3. The molecule has 0 atom stereocenters. The maximum atomic E-state index is 12.4. The van der Waals surface area contributed by atoms with Crippen molar-refractivity contribution in [3.63, 3.8) is 0 Å². The number of nitrogens with one attached hydrogen (secondary N) is 1. The summed E-state index contributed by atoms with van der Waals surface area (Å²) in [5.41, 5.74) is 0.260. The van der Waals surface area contributed by atoms with Crippen molar-refractivity contribution in [1.29, 1.82) is 0 Å². The molecular weight excluding hydrogens is 318 g/mol. The molecule has 0 aliphatic rings. The number of hydrogen-bond donors (Lipinski definition) is 1. The summed E-state index contributed by atoms with van der Waals surface area (Å²) in [6.07, 6.45) is 1.03. The fourth-order valence-electron chi connectivity index (χ4n) is 1.96. The van der Waals surface area contributed by atoms with Crippen LogP contribution in [0.25, 0.3) is 0 Å². The van der Waals surface area contributed by atoms with Crippen LogP contribution in [0.3, 0.4) is 0 Å². The second-order valence-electron chi connectivity index (χ2n) is 4.54. The van der Waals surface area contributed by atoms with E-state index in [1.54, 1.807) is 30.3 Å². The first-order valence-electron chi connectivity index (χ1n) is 6.56. The first-order valence-corrected chi connectivity index (χ1v) is 8.04. The maximum absolute atomic E-state index is 12.4. The minimum absolute atomic E-state index is 0.0973. The number of anilines is 1. The van der Waals surface area contributed by atoms with Crippen molar-refractivity contribution in [2.24, 2.45) is 0 Å². The van der Waals surface area contributed by atoms with E-state index in [0.29, 0.717) is 0 Å². The lowest BCUT2D eigenvalue weighted by Crippen LogP contribution is -2.16. The summed E-state index contributed by atoms with van der Waals surface area (Å²) in [4.78, 5) is 12.4. The predicted octanol–water partition coefficient (Wildman–Crippen LogP) is 2.10. The van der Waals surface area contributed by atoms with Gasteiger partial charge in [-0.2, -0.15) is 0 Å². The number of hydrogen-bond acceptors (Lipinski definition) is 6. The SMILES string of the molecule is O=C(c1nnco1)c1ccccc1NS(=O)(=O)c1ccccc1. The number of nitrogens with zero attached hydrogens (tertiary/aromatic N) is 2. The molecule has 3 aromatic rings. The summed E-state index contributed by atoms with van der Waals surface area (Å²) in [6.45, 7) is 0. The Bertz CT molecular complexity index is 922. The van der Waals surface area contributed by atoms with Gasteiger partial charge in [-0.3, -0.25) is 9.52 Å². The quantitative estimate of drug-likeness (QED) is 0.719. The number of benzene rings is 2. The van der Waals surface area contributed by atoms with Crippen LogP contribution in [0.15, 0.2) is 70.3 Å². The molecule has 1 N–H and O–H groups in total. The molecule has 23 heavy (non-hydrogen) atoms. The molecule has 0 saturated heterocycles. The number of aromatic nitrogens is 2. The molecule has 0 aliphatic carbocycles. The summed E-state index contributed by atoms with van der Waals surface area (Å²) < 4.78 is 32.1. The van der Waals surface area contributed by atoms with E-state index >= 15 is 0 Å². The molecule has 0 bridgehead atoms. The van der Waals surface area contributed by atoms with E-state index in [1.165, 1.54) is 24.3 Å². The van der Waals surface area contributed by atoms with Crippen molar-refractivity contribution in [2.45, 2.75) is 4.90 Å². The van der Waals surface area contributed by atoms with Crippen LogP contribution in [0.5, 0.6) is 0 Å². The Kier molecular flexibility index (Phi) is 3.90. The van der Waals surface area contributed by atoms with Crippen molar-refractivity contribution < 1.29 is 17.6 Å². The van der Waals surface area contributed by atoms with E-state index in [4.69, 9.17) is 4.42 Å². The molecule has 7 nitrogen and oxygen atoms in total. The summed E-state index contributed by atoms with van der Waals surface area (Å²) >= 11 is 0. The van der Waals surface area contributed by atoms with Crippen LogP contribution in [-0.2, 0) is 10.0 Å². The summed E-state index contributed by atoms with van der Waals surface area (Å²) in [5, 5.41) is 6.99. The monoisotopic (exact) mass is 329 g/mol. The zero-order valence-corrected chi connectivity index (χ0v) is 12.5. The zero-order valence-electron chi connectivity index (χ0n) is 11.7. The molecule has 0 amide bonds. The molecule has 0 radical (unpaired) electrons. The minimum atomic E-state index is -3.81. The number of carbonyl (C=O) groups excluding carboxylic acids is 1. The third-order valence-electron chi connectivity index (χ3n) is 3.02. The van der Waals surface area contributed by atoms with Crippen molar-refractivity contribution in [3.05, 3.63) is 72.4 Å². The fraction of sp³-hybridized carbons (Fsp3) is 0. The van der Waals surface area contributed by atoms with Gasteiger partial charge in [0.1, 0.15) is 0 Å². The Morgan fingerprint density at radius 2 is 1.70 bits per heavy atom. The van der Waals surface area contributed by atoms with Gasteiger partial charge in [-0.1, -0.05) is 30.3 Å². The molecule has 1 heterocycles. The van der Waals surface area contributed by atoms with Gasteiger partial charge in [-0.25, -0.2) is 8.42 Å². The van der Waals surface area contributed by atoms with E-state index in [-0.39, 0.29) is 22.0 Å². The molecular formula is C15H11N3O4S. The Balaban J connectivity index is 1.97. The smallest absolute Gasteiger partial charge is 0.288 e. The Labute approximate surface area is 132 Å². The molecule has 0 fully saturated rings. The van der Waals surface area contributed by atoms with Gasteiger partial charge in [0.25, 0.3) is 21.7 Å². The Morgan fingerprint density at radius 3 is 2.39 bits per heavy atom. The van der Waals surface area contributed by atoms with Crippen LogP contribution < -0.4 is 4.72 Å². The van der Waals surface area contributed by atoms with E-state index in [1.807, 2.05) is 0 Å². The largest absolute Gasteiger partial charge is 0.421 e. The lowest BCUT2D eigenvalue weighted by atomic mass is 10.1. The second-order valence-corrected chi connectivity index (χ2v) is 6.22. The van der Waals surface area contributed by atoms with Crippen LogP contribution in [0, 0.1) is 0 Å². The summed E-state index contributed by atoms with van der Waals surface area (Å²) in [5.74, 6) is -0.773. The van der Waals surface area contributed by atoms with Crippen LogP contribution in [0.2, 0.25) is 0 Å². The fourth-order valence-corrected chi connectivity index (χ4v) is 3.06. The normalized spacial score (nSPS) is 11.1. The Hall–Kier alpha value is -3.00.